The molecule has 0 aliphatic carbocycles. The van der Waals surface area contributed by atoms with E-state index in [-0.39, 0.29) is 18.9 Å². The summed E-state index contributed by atoms with van der Waals surface area (Å²) in [5.74, 6) is -6.40. The van der Waals surface area contributed by atoms with Gasteiger partial charge in [-0.2, -0.15) is 8.78 Å². The summed E-state index contributed by atoms with van der Waals surface area (Å²) in [4.78, 5) is 20.2. The van der Waals surface area contributed by atoms with Crippen LogP contribution in [0.1, 0.15) is 42.6 Å². The molecule has 4 aromatic rings. The fourth-order valence-electron chi connectivity index (χ4n) is 4.05. The summed E-state index contributed by atoms with van der Waals surface area (Å²) >= 11 is 0. The monoisotopic (exact) mass is 505 g/mol. The SMILES string of the molecule is C=C(NC(C)c1ccccc1)c1ccc2nc(-c3ccc(F)cc3)c(CCCC(F)(F)C(=O)O)nc2c1. The molecule has 8 heteroatoms. The van der Waals surface area contributed by atoms with Gasteiger partial charge < -0.3 is 10.4 Å². The molecule has 1 unspecified atom stereocenters. The van der Waals surface area contributed by atoms with Crippen molar-refractivity contribution in [3.63, 3.8) is 0 Å². The number of carbonyl (C=O) groups is 1. The predicted octanol–water partition coefficient (Wildman–Crippen LogP) is 6.80. The van der Waals surface area contributed by atoms with Crippen LogP contribution in [0.15, 0.2) is 79.4 Å². The van der Waals surface area contributed by atoms with Crippen molar-refractivity contribution in [2.75, 3.05) is 0 Å². The van der Waals surface area contributed by atoms with Crippen LogP contribution in [0.3, 0.4) is 0 Å². The molecular formula is C29H26F3N3O2. The molecule has 1 heterocycles. The number of benzene rings is 3. The largest absolute Gasteiger partial charge is 0.477 e. The van der Waals surface area contributed by atoms with Gasteiger partial charge in [0.2, 0.25) is 0 Å². The Balaban J connectivity index is 1.65. The van der Waals surface area contributed by atoms with Gasteiger partial charge in [0.15, 0.2) is 0 Å². The molecular weight excluding hydrogens is 479 g/mol. The quantitative estimate of drug-likeness (QED) is 0.248. The van der Waals surface area contributed by atoms with Gasteiger partial charge in [0.05, 0.1) is 22.4 Å². The first kappa shape index (κ1) is 25.9. The lowest BCUT2D eigenvalue weighted by atomic mass is 10.0. The number of hydrogen-bond donors (Lipinski definition) is 2. The van der Waals surface area contributed by atoms with Crippen molar-refractivity contribution in [2.45, 2.75) is 38.2 Å². The van der Waals surface area contributed by atoms with Crippen molar-refractivity contribution in [2.24, 2.45) is 0 Å². The maximum Gasteiger partial charge on any atom is 0.374 e. The molecule has 0 fully saturated rings. The maximum atomic E-state index is 13.6. The van der Waals surface area contributed by atoms with Gasteiger partial charge in [-0.3, -0.25) is 0 Å². The Morgan fingerprint density at radius 1 is 1.03 bits per heavy atom. The van der Waals surface area contributed by atoms with Crippen LogP contribution in [0.2, 0.25) is 0 Å². The smallest absolute Gasteiger partial charge is 0.374 e. The highest BCUT2D eigenvalue weighted by Gasteiger charge is 2.37. The Kier molecular flexibility index (Phi) is 7.57. The zero-order valence-electron chi connectivity index (χ0n) is 20.2. The molecule has 5 nitrogen and oxygen atoms in total. The second-order valence-electron chi connectivity index (χ2n) is 8.85. The summed E-state index contributed by atoms with van der Waals surface area (Å²) in [6, 6.07) is 21.1. The molecule has 0 bridgehead atoms. The highest BCUT2D eigenvalue weighted by Crippen LogP contribution is 2.28. The second-order valence-corrected chi connectivity index (χ2v) is 8.85. The minimum absolute atomic E-state index is 0.0165. The summed E-state index contributed by atoms with van der Waals surface area (Å²) in [5.41, 5.74) is 5.15. The number of nitrogens with zero attached hydrogens (tertiary/aromatic N) is 2. The Morgan fingerprint density at radius 3 is 2.41 bits per heavy atom. The van der Waals surface area contributed by atoms with Gasteiger partial charge in [-0.25, -0.2) is 19.2 Å². The summed E-state index contributed by atoms with van der Waals surface area (Å²) in [6.45, 7) is 6.18. The van der Waals surface area contributed by atoms with Gasteiger partial charge in [-0.05, 0) is 67.3 Å². The van der Waals surface area contributed by atoms with E-state index in [4.69, 9.17) is 15.1 Å². The topological polar surface area (TPSA) is 75.1 Å². The number of carboxylic acid groups (broad SMARTS) is 1. The number of carboxylic acids is 1. The van der Waals surface area contributed by atoms with Gasteiger partial charge in [0.1, 0.15) is 5.82 Å². The van der Waals surface area contributed by atoms with E-state index < -0.39 is 24.1 Å². The molecule has 4 rings (SSSR count). The van der Waals surface area contributed by atoms with E-state index in [1.165, 1.54) is 12.1 Å². The highest BCUT2D eigenvalue weighted by molar-refractivity contribution is 5.82. The lowest BCUT2D eigenvalue weighted by molar-refractivity contribution is -0.165. The summed E-state index contributed by atoms with van der Waals surface area (Å²) in [6.07, 6.45) is -0.869. The van der Waals surface area contributed by atoms with Crippen LogP contribution in [-0.2, 0) is 11.2 Å². The number of aromatic nitrogens is 2. The van der Waals surface area contributed by atoms with E-state index >= 15 is 0 Å². The average Bonchev–Trinajstić information content (AvgIpc) is 2.88. The molecule has 2 N–H and O–H groups in total. The molecule has 0 radical (unpaired) electrons. The van der Waals surface area contributed by atoms with Crippen molar-refractivity contribution in [3.8, 4) is 11.3 Å². The summed E-state index contributed by atoms with van der Waals surface area (Å²) < 4.78 is 40.8. The fraction of sp³-hybridized carbons (Fsp3) is 0.207. The lowest BCUT2D eigenvalue weighted by Gasteiger charge is -2.18. The van der Waals surface area contributed by atoms with Crippen molar-refractivity contribution >= 4 is 22.7 Å². The van der Waals surface area contributed by atoms with E-state index in [1.54, 1.807) is 18.2 Å². The zero-order chi connectivity index (χ0) is 26.6. The Morgan fingerprint density at radius 2 is 1.73 bits per heavy atom. The molecule has 0 amide bonds. The number of hydrogen-bond acceptors (Lipinski definition) is 4. The van der Waals surface area contributed by atoms with E-state index in [2.05, 4.69) is 11.9 Å². The minimum atomic E-state index is -3.83. The van der Waals surface area contributed by atoms with Gasteiger partial charge >= 0.3 is 11.9 Å². The van der Waals surface area contributed by atoms with Crippen molar-refractivity contribution in [3.05, 3.63) is 102 Å². The van der Waals surface area contributed by atoms with E-state index in [0.717, 1.165) is 11.1 Å². The van der Waals surface area contributed by atoms with Crippen LogP contribution in [0.25, 0.3) is 28.0 Å². The van der Waals surface area contributed by atoms with Gasteiger partial charge in [0, 0.05) is 23.7 Å². The van der Waals surface area contributed by atoms with Crippen LogP contribution in [0.5, 0.6) is 0 Å². The first-order valence-electron chi connectivity index (χ1n) is 11.8. The molecule has 190 valence electrons. The maximum absolute atomic E-state index is 13.6. The Bertz CT molecular complexity index is 1420. The van der Waals surface area contributed by atoms with E-state index in [9.17, 15) is 18.0 Å². The van der Waals surface area contributed by atoms with Gasteiger partial charge in [0.25, 0.3) is 0 Å². The minimum Gasteiger partial charge on any atom is -0.477 e. The molecule has 1 atom stereocenters. The van der Waals surface area contributed by atoms with Crippen LogP contribution in [0, 0.1) is 5.82 Å². The normalized spacial score (nSPS) is 12.3. The Labute approximate surface area is 212 Å². The third-order valence-corrected chi connectivity index (χ3v) is 6.11. The van der Waals surface area contributed by atoms with Crippen LogP contribution in [0.4, 0.5) is 13.2 Å². The first-order valence-corrected chi connectivity index (χ1v) is 11.8. The number of aliphatic carboxylic acids is 1. The van der Waals surface area contributed by atoms with E-state index in [1.807, 2.05) is 49.4 Å². The highest BCUT2D eigenvalue weighted by atomic mass is 19.3. The molecule has 0 saturated carbocycles. The standard InChI is InChI=1S/C29H26F3N3O2/c1-18(20-7-4-3-5-8-20)33-19(2)22-12-15-24-26(17-22)34-25(9-6-16-29(31,32)28(36)37)27(35-24)21-10-13-23(30)14-11-21/h3-5,7-8,10-15,17-18,33H,2,6,9,16H2,1H3,(H,36,37). The summed E-state index contributed by atoms with van der Waals surface area (Å²) in [5, 5.41) is 12.1. The number of nitrogens with one attached hydrogen (secondary N) is 1. The third-order valence-electron chi connectivity index (χ3n) is 6.11. The zero-order valence-corrected chi connectivity index (χ0v) is 20.2. The second kappa shape index (κ2) is 10.8. The molecule has 1 aromatic heterocycles. The van der Waals surface area contributed by atoms with Crippen molar-refractivity contribution in [1.82, 2.24) is 15.3 Å². The predicted molar refractivity (Wildman–Crippen MR) is 137 cm³/mol. The van der Waals surface area contributed by atoms with Crippen molar-refractivity contribution in [1.29, 1.82) is 0 Å². The fourth-order valence-corrected chi connectivity index (χ4v) is 4.05. The Hall–Kier alpha value is -4.20. The lowest BCUT2D eigenvalue weighted by Crippen LogP contribution is -2.28. The van der Waals surface area contributed by atoms with Crippen LogP contribution in [-0.4, -0.2) is 27.0 Å². The molecule has 3 aromatic carbocycles. The number of halogens is 3. The number of rotatable bonds is 10. The molecule has 0 aliphatic heterocycles. The number of alkyl halides is 2. The third kappa shape index (κ3) is 6.14. The first-order chi connectivity index (χ1) is 17.6. The number of fused-ring (bicyclic) bond motifs is 1. The van der Waals surface area contributed by atoms with Gasteiger partial charge in [-0.15, -0.1) is 0 Å². The van der Waals surface area contributed by atoms with Crippen LogP contribution >= 0.6 is 0 Å². The molecule has 0 aliphatic rings. The van der Waals surface area contributed by atoms with Gasteiger partial charge in [-0.1, -0.05) is 43.0 Å². The molecule has 0 spiro atoms. The van der Waals surface area contributed by atoms with Crippen molar-refractivity contribution < 1.29 is 23.1 Å². The molecule has 0 saturated heterocycles. The van der Waals surface area contributed by atoms with E-state index in [0.29, 0.717) is 33.7 Å². The number of aryl methyl sites for hydroxylation is 1. The van der Waals surface area contributed by atoms with Crippen LogP contribution < -0.4 is 5.32 Å². The molecule has 37 heavy (non-hydrogen) atoms. The summed E-state index contributed by atoms with van der Waals surface area (Å²) in [7, 11) is 0. The average molecular weight is 506 g/mol.